The van der Waals surface area contributed by atoms with Crippen LogP contribution in [0.4, 0.5) is 18.9 Å². The monoisotopic (exact) mass is 352 g/mol. The summed E-state index contributed by atoms with van der Waals surface area (Å²) in [7, 11) is 0. The molecule has 0 spiro atoms. The lowest BCUT2D eigenvalue weighted by Crippen LogP contribution is -2.38. The molecule has 1 N–H and O–H groups in total. The van der Waals surface area contributed by atoms with Crippen LogP contribution in [0.5, 0.6) is 0 Å². The minimum Gasteiger partial charge on any atom is -0.324 e. The van der Waals surface area contributed by atoms with Gasteiger partial charge in [-0.25, -0.2) is 0 Å². The number of carbonyl (C=O) groups is 3. The van der Waals surface area contributed by atoms with Crippen LogP contribution in [0.25, 0.3) is 0 Å². The Hall–Kier alpha value is -2.64. The first-order valence-electron chi connectivity index (χ1n) is 7.75. The van der Waals surface area contributed by atoms with Crippen LogP contribution in [0, 0.1) is 11.8 Å². The summed E-state index contributed by atoms with van der Waals surface area (Å²) in [6.45, 7) is -0.586. The molecule has 2 atom stereocenters. The van der Waals surface area contributed by atoms with Gasteiger partial charge in [-0.15, -0.1) is 0 Å². The van der Waals surface area contributed by atoms with Crippen LogP contribution < -0.4 is 5.32 Å². The lowest BCUT2D eigenvalue weighted by molar-refractivity contribution is -0.143. The van der Waals surface area contributed by atoms with E-state index in [1.165, 1.54) is 12.1 Å². The van der Waals surface area contributed by atoms with Crippen LogP contribution in [0.3, 0.4) is 0 Å². The molecule has 2 aliphatic rings. The van der Waals surface area contributed by atoms with Gasteiger partial charge in [-0.05, 0) is 25.0 Å². The molecule has 5 nitrogen and oxygen atoms in total. The summed E-state index contributed by atoms with van der Waals surface area (Å²) in [5, 5.41) is 2.15. The summed E-state index contributed by atoms with van der Waals surface area (Å²) in [6.07, 6.45) is -0.122. The number of carbonyl (C=O) groups excluding carboxylic acids is 3. The van der Waals surface area contributed by atoms with E-state index in [4.69, 9.17) is 0 Å². The van der Waals surface area contributed by atoms with Gasteiger partial charge in [0, 0.05) is 0 Å². The van der Waals surface area contributed by atoms with Gasteiger partial charge >= 0.3 is 6.18 Å². The number of hydrogen-bond donors (Lipinski definition) is 1. The normalized spacial score (nSPS) is 22.9. The predicted octanol–water partition coefficient (Wildman–Crippen LogP) is 2.60. The number of fused-ring (bicyclic) bond motifs is 1. The van der Waals surface area contributed by atoms with Gasteiger partial charge in [0.05, 0.1) is 23.1 Å². The molecule has 0 saturated carbocycles. The van der Waals surface area contributed by atoms with Crippen molar-refractivity contribution < 1.29 is 27.6 Å². The molecule has 132 valence electrons. The highest BCUT2D eigenvalue weighted by atomic mass is 19.4. The topological polar surface area (TPSA) is 66.5 Å². The fourth-order valence-corrected chi connectivity index (χ4v) is 3.20. The Balaban J connectivity index is 1.72. The molecule has 1 aliphatic heterocycles. The summed E-state index contributed by atoms with van der Waals surface area (Å²) in [5.74, 6) is -2.69. The predicted molar refractivity (Wildman–Crippen MR) is 82.1 cm³/mol. The number of rotatable bonds is 3. The maximum atomic E-state index is 13.0. The Morgan fingerprint density at radius 1 is 1.08 bits per heavy atom. The molecule has 1 fully saturated rings. The number of alkyl halides is 3. The zero-order valence-corrected chi connectivity index (χ0v) is 13.0. The number of nitrogens with one attached hydrogen (secondary N) is 1. The van der Waals surface area contributed by atoms with Gasteiger partial charge in [0.25, 0.3) is 0 Å². The Labute approximate surface area is 141 Å². The van der Waals surface area contributed by atoms with Crippen LogP contribution in [0.15, 0.2) is 36.4 Å². The first kappa shape index (κ1) is 17.2. The largest absolute Gasteiger partial charge is 0.418 e. The minimum absolute atomic E-state index is 0.404. The van der Waals surface area contributed by atoms with Crippen molar-refractivity contribution in [2.24, 2.45) is 11.8 Å². The highest BCUT2D eigenvalue weighted by molar-refractivity contribution is 6.08. The molecule has 3 rings (SSSR count). The maximum absolute atomic E-state index is 13.0. The molecule has 1 heterocycles. The van der Waals surface area contributed by atoms with Crippen molar-refractivity contribution in [3.05, 3.63) is 42.0 Å². The van der Waals surface area contributed by atoms with Crippen LogP contribution in [0.1, 0.15) is 18.4 Å². The Kier molecular flexibility index (Phi) is 4.36. The number of halogens is 3. The smallest absolute Gasteiger partial charge is 0.324 e. The summed E-state index contributed by atoms with van der Waals surface area (Å²) in [5.41, 5.74) is -1.39. The van der Waals surface area contributed by atoms with Gasteiger partial charge in [0.15, 0.2) is 0 Å². The summed E-state index contributed by atoms with van der Waals surface area (Å²) in [4.78, 5) is 37.5. The maximum Gasteiger partial charge on any atom is 0.418 e. The number of hydrogen-bond acceptors (Lipinski definition) is 3. The van der Waals surface area contributed by atoms with E-state index in [1.807, 2.05) is 12.2 Å². The van der Waals surface area contributed by atoms with E-state index in [0.717, 1.165) is 17.0 Å². The number of anilines is 1. The summed E-state index contributed by atoms with van der Waals surface area (Å²) < 4.78 is 38.9. The second-order valence-electron chi connectivity index (χ2n) is 6.01. The van der Waals surface area contributed by atoms with Gasteiger partial charge in [0.2, 0.25) is 17.7 Å². The fraction of sp³-hybridized carbons (Fsp3) is 0.353. The van der Waals surface area contributed by atoms with Crippen molar-refractivity contribution in [2.45, 2.75) is 19.0 Å². The summed E-state index contributed by atoms with van der Waals surface area (Å²) in [6, 6.07) is 4.54. The molecule has 0 radical (unpaired) electrons. The third-order valence-electron chi connectivity index (χ3n) is 4.41. The molecule has 1 saturated heterocycles. The second-order valence-corrected chi connectivity index (χ2v) is 6.01. The molecular formula is C17H15F3N2O3. The van der Waals surface area contributed by atoms with Crippen molar-refractivity contribution in [2.75, 3.05) is 11.9 Å². The molecule has 0 unspecified atom stereocenters. The highest BCUT2D eigenvalue weighted by Gasteiger charge is 2.47. The number of likely N-dealkylation sites (tertiary alicyclic amines) is 1. The van der Waals surface area contributed by atoms with E-state index in [2.05, 4.69) is 5.32 Å². The van der Waals surface area contributed by atoms with Gasteiger partial charge in [-0.2, -0.15) is 13.2 Å². The van der Waals surface area contributed by atoms with E-state index in [1.54, 1.807) is 0 Å². The molecule has 1 aromatic carbocycles. The van der Waals surface area contributed by atoms with Crippen molar-refractivity contribution in [1.29, 1.82) is 0 Å². The number of nitrogens with zero attached hydrogens (tertiary/aromatic N) is 1. The summed E-state index contributed by atoms with van der Waals surface area (Å²) >= 11 is 0. The second kappa shape index (κ2) is 6.34. The first-order valence-corrected chi connectivity index (χ1v) is 7.75. The Morgan fingerprint density at radius 2 is 1.64 bits per heavy atom. The third-order valence-corrected chi connectivity index (χ3v) is 4.41. The van der Waals surface area contributed by atoms with Gasteiger partial charge in [0.1, 0.15) is 6.54 Å². The SMILES string of the molecule is O=C(CN1C(=O)[C@@H]2CC=CC[C@H]2C1=O)Nc1ccccc1C(F)(F)F. The molecule has 3 amide bonds. The standard InChI is InChI=1S/C17H15F3N2O3/c18-17(19,20)12-7-3-4-8-13(12)21-14(23)9-22-15(24)10-5-1-2-6-11(10)16(22)25/h1-4,7-8,10-11H,5-6,9H2,(H,21,23)/t10-,11-/m1/s1. The number of benzene rings is 1. The van der Waals surface area contributed by atoms with E-state index < -0.39 is 53.5 Å². The van der Waals surface area contributed by atoms with Crippen molar-refractivity contribution in [3.63, 3.8) is 0 Å². The van der Waals surface area contributed by atoms with Gasteiger partial charge in [-0.3, -0.25) is 19.3 Å². The van der Waals surface area contributed by atoms with E-state index in [9.17, 15) is 27.6 Å². The number of amides is 3. The molecule has 1 aromatic rings. The first-order chi connectivity index (χ1) is 11.8. The third kappa shape index (κ3) is 3.29. The van der Waals surface area contributed by atoms with E-state index in [0.29, 0.717) is 12.8 Å². The Morgan fingerprint density at radius 3 is 2.20 bits per heavy atom. The number of imide groups is 1. The van der Waals surface area contributed by atoms with E-state index >= 15 is 0 Å². The lowest BCUT2D eigenvalue weighted by atomic mass is 9.85. The van der Waals surface area contributed by atoms with E-state index in [-0.39, 0.29) is 0 Å². The molecule has 0 bridgehead atoms. The fourth-order valence-electron chi connectivity index (χ4n) is 3.20. The zero-order valence-electron chi connectivity index (χ0n) is 13.0. The average Bonchev–Trinajstić information content (AvgIpc) is 2.80. The van der Waals surface area contributed by atoms with Crippen LogP contribution in [-0.2, 0) is 20.6 Å². The number of allylic oxidation sites excluding steroid dienone is 2. The molecule has 0 aromatic heterocycles. The number of para-hydroxylation sites is 1. The van der Waals surface area contributed by atoms with Crippen molar-refractivity contribution >= 4 is 23.4 Å². The van der Waals surface area contributed by atoms with Crippen molar-refractivity contribution in [1.82, 2.24) is 4.90 Å². The zero-order chi connectivity index (χ0) is 18.2. The van der Waals surface area contributed by atoms with Crippen LogP contribution in [-0.4, -0.2) is 29.2 Å². The molecule has 25 heavy (non-hydrogen) atoms. The van der Waals surface area contributed by atoms with Crippen LogP contribution in [0.2, 0.25) is 0 Å². The van der Waals surface area contributed by atoms with Crippen molar-refractivity contribution in [3.8, 4) is 0 Å². The highest BCUT2D eigenvalue weighted by Crippen LogP contribution is 2.36. The van der Waals surface area contributed by atoms with Gasteiger partial charge in [-0.1, -0.05) is 24.3 Å². The molecule has 8 heteroatoms. The Bertz CT molecular complexity index is 732. The molecule has 1 aliphatic carbocycles. The van der Waals surface area contributed by atoms with Gasteiger partial charge < -0.3 is 5.32 Å². The quantitative estimate of drug-likeness (QED) is 0.672. The lowest BCUT2D eigenvalue weighted by Gasteiger charge is -2.17. The van der Waals surface area contributed by atoms with Crippen LogP contribution >= 0.6 is 0 Å². The molecular weight excluding hydrogens is 337 g/mol. The average molecular weight is 352 g/mol. The minimum atomic E-state index is -4.62.